The van der Waals surface area contributed by atoms with Crippen LogP contribution in [-0.2, 0) is 0 Å². The maximum Gasteiger partial charge on any atom is 0.0552 e. The van der Waals surface area contributed by atoms with E-state index in [9.17, 15) is 0 Å². The molecule has 0 spiro atoms. The number of benzene rings is 4. The van der Waals surface area contributed by atoms with Crippen molar-refractivity contribution in [2.24, 2.45) is 0 Å². The average Bonchev–Trinajstić information content (AvgIpc) is 3.80. The Balaban J connectivity index is 1.39. The van der Waals surface area contributed by atoms with Crippen molar-refractivity contribution in [3.63, 3.8) is 0 Å². The van der Waals surface area contributed by atoms with Gasteiger partial charge in [-0.1, -0.05) is 121 Å². The van der Waals surface area contributed by atoms with Crippen LogP contribution in [0.1, 0.15) is 46.4 Å². The molecule has 0 bridgehead atoms. The largest absolute Gasteiger partial charge is 0.284 e. The lowest BCUT2D eigenvalue weighted by atomic mass is 9.92. The van der Waals surface area contributed by atoms with Crippen LogP contribution in [-0.4, -0.2) is 22.9 Å². The number of hydrogen-bond acceptors (Lipinski definition) is 2. The summed E-state index contributed by atoms with van der Waals surface area (Å²) in [5, 5.41) is 0. The van der Waals surface area contributed by atoms with Gasteiger partial charge in [0.15, 0.2) is 0 Å². The smallest absolute Gasteiger partial charge is 0.0552 e. The van der Waals surface area contributed by atoms with Crippen molar-refractivity contribution in [1.82, 2.24) is 9.80 Å². The van der Waals surface area contributed by atoms with Crippen molar-refractivity contribution in [3.8, 4) is 0 Å². The summed E-state index contributed by atoms with van der Waals surface area (Å²) in [7, 11) is 0. The molecule has 2 nitrogen and oxygen atoms in total. The first-order valence-electron chi connectivity index (χ1n) is 11.6. The summed E-state index contributed by atoms with van der Waals surface area (Å²) < 4.78 is 0. The van der Waals surface area contributed by atoms with Gasteiger partial charge in [-0.2, -0.15) is 0 Å². The van der Waals surface area contributed by atoms with Gasteiger partial charge in [0.2, 0.25) is 0 Å². The van der Waals surface area contributed by atoms with Gasteiger partial charge < -0.3 is 0 Å². The average molecular weight is 417 g/mol. The van der Waals surface area contributed by atoms with Crippen LogP contribution in [0.25, 0.3) is 0 Å². The van der Waals surface area contributed by atoms with E-state index in [1.807, 2.05) is 0 Å². The Kier molecular flexibility index (Phi) is 5.10. The predicted octanol–water partition coefficient (Wildman–Crippen LogP) is 6.58. The first-order valence-corrected chi connectivity index (χ1v) is 11.6. The first kappa shape index (κ1) is 19.5. The molecule has 4 aromatic carbocycles. The number of nitrogens with zero attached hydrogens (tertiary/aromatic N) is 2. The van der Waals surface area contributed by atoms with Gasteiger partial charge in [0.1, 0.15) is 0 Å². The lowest BCUT2D eigenvalue weighted by molar-refractivity contribution is 0.223. The second-order valence-electron chi connectivity index (χ2n) is 8.96. The number of hydrogen-bond donors (Lipinski definition) is 0. The first-order chi connectivity index (χ1) is 15.9. The molecule has 2 heterocycles. The minimum atomic E-state index is 0.317. The number of rotatable bonds is 7. The lowest BCUT2D eigenvalue weighted by Crippen LogP contribution is -2.25. The van der Waals surface area contributed by atoms with E-state index in [-0.39, 0.29) is 0 Å². The van der Waals surface area contributed by atoms with Crippen molar-refractivity contribution in [2.75, 3.05) is 13.1 Å². The standard InChI is InChI=1S/C30H28N2/c1-5-13-23(14-6-1)27-21-31(27)29(25-17-9-3-10-18-25)30(26-19-11-4-12-20-26)32-22-28(32)24-15-7-2-8-16-24/h1-20,27-30H,21-22H2/t27-,28-,29+,30+,31?,32?/m1/s1. The Morgan fingerprint density at radius 1 is 0.438 bits per heavy atom. The zero-order valence-corrected chi connectivity index (χ0v) is 18.2. The molecule has 0 aromatic heterocycles. The Bertz CT molecular complexity index is 1050. The van der Waals surface area contributed by atoms with Gasteiger partial charge in [-0.3, -0.25) is 9.80 Å². The summed E-state index contributed by atoms with van der Waals surface area (Å²) in [5.41, 5.74) is 5.65. The Morgan fingerprint density at radius 2 is 0.750 bits per heavy atom. The molecule has 2 heteroatoms. The van der Waals surface area contributed by atoms with Crippen LogP contribution in [0.5, 0.6) is 0 Å². The zero-order valence-electron chi connectivity index (χ0n) is 18.2. The summed E-state index contributed by atoms with van der Waals surface area (Å²) in [5.74, 6) is 0. The Labute approximate surface area is 190 Å². The van der Waals surface area contributed by atoms with Gasteiger partial charge in [0.05, 0.1) is 12.1 Å². The van der Waals surface area contributed by atoms with E-state index in [4.69, 9.17) is 0 Å². The van der Waals surface area contributed by atoms with E-state index in [0.29, 0.717) is 24.2 Å². The molecule has 0 radical (unpaired) electrons. The van der Waals surface area contributed by atoms with Crippen molar-refractivity contribution in [2.45, 2.75) is 24.2 Å². The van der Waals surface area contributed by atoms with Crippen molar-refractivity contribution in [1.29, 1.82) is 0 Å². The second kappa shape index (κ2) is 8.38. The van der Waals surface area contributed by atoms with Crippen LogP contribution in [0.2, 0.25) is 0 Å². The topological polar surface area (TPSA) is 6.02 Å². The minimum Gasteiger partial charge on any atom is -0.284 e. The zero-order chi connectivity index (χ0) is 21.3. The van der Waals surface area contributed by atoms with Gasteiger partial charge in [0.25, 0.3) is 0 Å². The highest BCUT2D eigenvalue weighted by Gasteiger charge is 2.51. The molecule has 0 saturated carbocycles. The molecule has 2 aliphatic heterocycles. The third kappa shape index (κ3) is 3.77. The molecule has 0 amide bonds. The van der Waals surface area contributed by atoms with Crippen molar-refractivity contribution in [3.05, 3.63) is 144 Å². The van der Waals surface area contributed by atoms with E-state index < -0.39 is 0 Å². The monoisotopic (exact) mass is 416 g/mol. The molecule has 158 valence electrons. The van der Waals surface area contributed by atoms with Crippen LogP contribution in [0.3, 0.4) is 0 Å². The summed E-state index contributed by atoms with van der Waals surface area (Å²) in [4.78, 5) is 5.37. The van der Waals surface area contributed by atoms with Gasteiger partial charge in [-0.25, -0.2) is 0 Å². The predicted molar refractivity (Wildman–Crippen MR) is 130 cm³/mol. The second-order valence-corrected chi connectivity index (χ2v) is 8.96. The van der Waals surface area contributed by atoms with Crippen LogP contribution in [0.15, 0.2) is 121 Å². The maximum atomic E-state index is 2.68. The fraction of sp³-hybridized carbons (Fsp3) is 0.200. The van der Waals surface area contributed by atoms with Gasteiger partial charge in [-0.15, -0.1) is 0 Å². The van der Waals surface area contributed by atoms with Crippen LogP contribution >= 0.6 is 0 Å². The van der Waals surface area contributed by atoms with Crippen molar-refractivity contribution >= 4 is 0 Å². The molecule has 32 heavy (non-hydrogen) atoms. The molecule has 2 aliphatic rings. The molecule has 0 N–H and O–H groups in total. The molecule has 2 saturated heterocycles. The van der Waals surface area contributed by atoms with E-state index in [2.05, 4.69) is 131 Å². The molecule has 0 aliphatic carbocycles. The van der Waals surface area contributed by atoms with Crippen molar-refractivity contribution < 1.29 is 0 Å². The lowest BCUT2D eigenvalue weighted by Gasteiger charge is -2.32. The van der Waals surface area contributed by atoms with E-state index in [1.165, 1.54) is 22.3 Å². The maximum absolute atomic E-state index is 2.68. The van der Waals surface area contributed by atoms with Gasteiger partial charge in [-0.05, 0) is 22.3 Å². The minimum absolute atomic E-state index is 0.317. The summed E-state index contributed by atoms with van der Waals surface area (Å²) in [6.07, 6.45) is 0. The molecular weight excluding hydrogens is 388 g/mol. The van der Waals surface area contributed by atoms with Crippen LogP contribution in [0.4, 0.5) is 0 Å². The van der Waals surface area contributed by atoms with E-state index in [0.717, 1.165) is 13.1 Å². The molecule has 6 rings (SSSR count). The fourth-order valence-corrected chi connectivity index (χ4v) is 5.27. The SMILES string of the molecule is c1ccc([C@H]2CN2[C@@H](c2ccccc2)[C@H](c2ccccc2)N2C[C@@H]2c2ccccc2)cc1. The molecule has 6 atom stereocenters. The molecule has 2 unspecified atom stereocenters. The summed E-state index contributed by atoms with van der Waals surface area (Å²) in [6.45, 7) is 2.22. The Morgan fingerprint density at radius 3 is 1.09 bits per heavy atom. The Hall–Kier alpha value is -3.20. The summed E-state index contributed by atoms with van der Waals surface area (Å²) >= 11 is 0. The molecule has 4 aromatic rings. The highest BCUT2D eigenvalue weighted by molar-refractivity contribution is 5.35. The van der Waals surface area contributed by atoms with E-state index in [1.54, 1.807) is 0 Å². The quantitative estimate of drug-likeness (QED) is 0.314. The van der Waals surface area contributed by atoms with Crippen LogP contribution in [0, 0.1) is 0 Å². The van der Waals surface area contributed by atoms with Crippen LogP contribution < -0.4 is 0 Å². The third-order valence-corrected chi connectivity index (χ3v) is 6.97. The summed E-state index contributed by atoms with van der Waals surface area (Å²) in [6, 6.07) is 45.8. The normalized spacial score (nSPS) is 25.6. The highest BCUT2D eigenvalue weighted by atomic mass is 15.4. The molecule has 2 fully saturated rings. The fourth-order valence-electron chi connectivity index (χ4n) is 5.27. The van der Waals surface area contributed by atoms with E-state index >= 15 is 0 Å². The van der Waals surface area contributed by atoms with Gasteiger partial charge in [0, 0.05) is 25.2 Å². The van der Waals surface area contributed by atoms with Gasteiger partial charge >= 0.3 is 0 Å². The highest BCUT2D eigenvalue weighted by Crippen LogP contribution is 2.54. The molecular formula is C30H28N2. The third-order valence-electron chi connectivity index (χ3n) is 6.97.